The first kappa shape index (κ1) is 15.9. The molecule has 0 radical (unpaired) electrons. The van der Waals surface area contributed by atoms with Gasteiger partial charge in [0.1, 0.15) is 5.75 Å². The molecule has 124 valence electrons. The largest absolute Gasteiger partial charge is 0.493 e. The first-order chi connectivity index (χ1) is 11.3. The lowest BCUT2D eigenvalue weighted by atomic mass is 10.1. The fraction of sp³-hybridized carbons (Fsp3) is 0.526. The Morgan fingerprint density at radius 3 is 2.43 bits per heavy atom. The average molecular weight is 314 g/mol. The van der Waals surface area contributed by atoms with E-state index in [9.17, 15) is 0 Å². The van der Waals surface area contributed by atoms with Gasteiger partial charge in [0.05, 0.1) is 25.1 Å². The number of ether oxygens (including phenoxy) is 2. The second-order valence-electron chi connectivity index (χ2n) is 6.30. The molecule has 1 aliphatic heterocycles. The van der Waals surface area contributed by atoms with Gasteiger partial charge in [-0.2, -0.15) is 0 Å². The summed E-state index contributed by atoms with van der Waals surface area (Å²) in [5, 5.41) is 0. The lowest BCUT2D eigenvalue weighted by molar-refractivity contribution is 0.273. The van der Waals surface area contributed by atoms with Crippen LogP contribution in [0.2, 0.25) is 0 Å². The van der Waals surface area contributed by atoms with Crippen molar-refractivity contribution in [1.82, 2.24) is 9.55 Å². The minimum Gasteiger partial charge on any atom is -0.493 e. The zero-order valence-corrected chi connectivity index (χ0v) is 14.2. The molecule has 0 spiro atoms. The van der Waals surface area contributed by atoms with Crippen LogP contribution >= 0.6 is 0 Å². The number of hydrogen-bond donors (Lipinski definition) is 0. The molecular formula is C19H26N2O2. The summed E-state index contributed by atoms with van der Waals surface area (Å²) < 4.78 is 13.9. The zero-order valence-electron chi connectivity index (χ0n) is 14.2. The van der Waals surface area contributed by atoms with Crippen LogP contribution in [0, 0.1) is 6.92 Å². The first-order valence-corrected chi connectivity index (χ1v) is 8.64. The Morgan fingerprint density at radius 1 is 0.957 bits per heavy atom. The Balaban J connectivity index is 1.92. The van der Waals surface area contributed by atoms with E-state index in [0.717, 1.165) is 43.1 Å². The predicted molar refractivity (Wildman–Crippen MR) is 92.1 cm³/mol. The van der Waals surface area contributed by atoms with E-state index >= 15 is 0 Å². The number of fused-ring (bicyclic) bond motifs is 4. The molecule has 0 atom stereocenters. The normalized spacial score (nSPS) is 16.4. The van der Waals surface area contributed by atoms with Crippen molar-refractivity contribution in [3.05, 3.63) is 30.0 Å². The number of imidazole rings is 1. The highest BCUT2D eigenvalue weighted by atomic mass is 16.5. The van der Waals surface area contributed by atoms with Gasteiger partial charge in [-0.3, -0.25) is 4.57 Å². The SMILES string of the molecule is Cc1ccc2c(c1)-c1cnc(n1C)OCCCCCCCCO2. The van der Waals surface area contributed by atoms with E-state index in [1.807, 2.05) is 17.8 Å². The van der Waals surface area contributed by atoms with E-state index in [1.54, 1.807) is 0 Å². The maximum Gasteiger partial charge on any atom is 0.296 e. The molecule has 0 saturated heterocycles. The van der Waals surface area contributed by atoms with Gasteiger partial charge in [-0.05, 0) is 31.9 Å². The summed E-state index contributed by atoms with van der Waals surface area (Å²) >= 11 is 0. The highest BCUT2D eigenvalue weighted by molar-refractivity contribution is 5.68. The van der Waals surface area contributed by atoms with Crippen LogP contribution in [-0.2, 0) is 7.05 Å². The third kappa shape index (κ3) is 3.87. The van der Waals surface area contributed by atoms with Crippen LogP contribution in [0.4, 0.5) is 0 Å². The Morgan fingerprint density at radius 2 is 1.65 bits per heavy atom. The average Bonchev–Trinajstić information content (AvgIpc) is 2.90. The smallest absolute Gasteiger partial charge is 0.296 e. The van der Waals surface area contributed by atoms with E-state index in [1.165, 1.54) is 31.2 Å². The monoisotopic (exact) mass is 314 g/mol. The molecule has 0 unspecified atom stereocenters. The van der Waals surface area contributed by atoms with Crippen molar-refractivity contribution in [1.29, 1.82) is 0 Å². The number of benzene rings is 1. The molecule has 0 aliphatic carbocycles. The van der Waals surface area contributed by atoms with Crippen molar-refractivity contribution in [3.63, 3.8) is 0 Å². The molecule has 23 heavy (non-hydrogen) atoms. The van der Waals surface area contributed by atoms with Crippen LogP contribution in [0.5, 0.6) is 11.8 Å². The molecule has 3 rings (SSSR count). The summed E-state index contributed by atoms with van der Waals surface area (Å²) in [5.74, 6) is 0.931. The van der Waals surface area contributed by atoms with E-state index in [0.29, 0.717) is 6.01 Å². The van der Waals surface area contributed by atoms with Gasteiger partial charge in [-0.25, -0.2) is 4.98 Å². The number of aromatic nitrogens is 2. The highest BCUT2D eigenvalue weighted by Crippen LogP contribution is 2.33. The van der Waals surface area contributed by atoms with E-state index in [-0.39, 0.29) is 0 Å². The fourth-order valence-corrected chi connectivity index (χ4v) is 3.00. The predicted octanol–water partition coefficient (Wildman–Crippen LogP) is 4.51. The number of nitrogens with zero attached hydrogens (tertiary/aromatic N) is 2. The number of hydrogen-bond acceptors (Lipinski definition) is 3. The maximum atomic E-state index is 6.06. The number of rotatable bonds is 0. The standard InChI is InChI=1S/C19H26N2O2/c1-15-9-10-18-16(13-15)17-14-20-19(21(17)2)23-12-8-6-4-3-5-7-11-22-18/h9-10,13-14H,3-8,11-12H2,1-2H3. The minimum atomic E-state index is 0.683. The zero-order chi connectivity index (χ0) is 16.1. The van der Waals surface area contributed by atoms with Crippen molar-refractivity contribution in [2.24, 2.45) is 7.05 Å². The van der Waals surface area contributed by atoms with Crippen LogP contribution < -0.4 is 9.47 Å². The Kier molecular flexibility index (Phi) is 5.21. The second kappa shape index (κ2) is 7.53. The molecule has 2 heterocycles. The van der Waals surface area contributed by atoms with Crippen LogP contribution in [-0.4, -0.2) is 22.8 Å². The number of aryl methyl sites for hydroxylation is 1. The summed E-state index contributed by atoms with van der Waals surface area (Å²) in [5.41, 5.74) is 3.34. The summed E-state index contributed by atoms with van der Waals surface area (Å²) in [4.78, 5) is 4.44. The van der Waals surface area contributed by atoms with Gasteiger partial charge in [-0.15, -0.1) is 0 Å². The fourth-order valence-electron chi connectivity index (χ4n) is 3.00. The van der Waals surface area contributed by atoms with Gasteiger partial charge in [0, 0.05) is 12.6 Å². The Hall–Kier alpha value is -1.97. The van der Waals surface area contributed by atoms with E-state index < -0.39 is 0 Å². The van der Waals surface area contributed by atoms with Gasteiger partial charge < -0.3 is 9.47 Å². The van der Waals surface area contributed by atoms with Gasteiger partial charge in [-0.1, -0.05) is 37.3 Å². The summed E-state index contributed by atoms with van der Waals surface area (Å²) in [7, 11) is 2.00. The summed E-state index contributed by atoms with van der Waals surface area (Å²) in [6, 6.07) is 7.01. The minimum absolute atomic E-state index is 0.683. The third-order valence-electron chi connectivity index (χ3n) is 4.38. The molecule has 4 heteroatoms. The highest BCUT2D eigenvalue weighted by Gasteiger charge is 2.14. The quantitative estimate of drug-likeness (QED) is 0.718. The van der Waals surface area contributed by atoms with Crippen molar-refractivity contribution in [3.8, 4) is 23.0 Å². The summed E-state index contributed by atoms with van der Waals surface area (Å²) in [6.07, 6.45) is 9.08. The van der Waals surface area contributed by atoms with Crippen molar-refractivity contribution in [2.45, 2.75) is 45.4 Å². The second-order valence-corrected chi connectivity index (χ2v) is 6.30. The molecule has 1 aromatic heterocycles. The molecule has 1 aliphatic rings. The topological polar surface area (TPSA) is 36.3 Å². The van der Waals surface area contributed by atoms with Crippen LogP contribution in [0.1, 0.15) is 44.1 Å². The Labute approximate surface area is 138 Å². The molecule has 4 nitrogen and oxygen atoms in total. The van der Waals surface area contributed by atoms with Crippen LogP contribution in [0.15, 0.2) is 24.4 Å². The lowest BCUT2D eigenvalue weighted by Crippen LogP contribution is -2.04. The summed E-state index contributed by atoms with van der Waals surface area (Å²) in [6.45, 7) is 3.61. The molecule has 0 amide bonds. The molecule has 2 bridgehead atoms. The third-order valence-corrected chi connectivity index (χ3v) is 4.38. The van der Waals surface area contributed by atoms with Crippen molar-refractivity contribution in [2.75, 3.05) is 13.2 Å². The molecule has 1 aromatic carbocycles. The first-order valence-electron chi connectivity index (χ1n) is 8.64. The maximum absolute atomic E-state index is 6.06. The van der Waals surface area contributed by atoms with Crippen molar-refractivity contribution >= 4 is 0 Å². The Bertz CT molecular complexity index is 649. The van der Waals surface area contributed by atoms with E-state index in [2.05, 4.69) is 30.1 Å². The van der Waals surface area contributed by atoms with Gasteiger partial charge in [0.2, 0.25) is 0 Å². The molecule has 0 N–H and O–H groups in total. The van der Waals surface area contributed by atoms with Crippen LogP contribution in [0.3, 0.4) is 0 Å². The van der Waals surface area contributed by atoms with Crippen LogP contribution in [0.25, 0.3) is 11.3 Å². The van der Waals surface area contributed by atoms with Gasteiger partial charge in [0.15, 0.2) is 0 Å². The van der Waals surface area contributed by atoms with Gasteiger partial charge in [0.25, 0.3) is 6.01 Å². The lowest BCUT2D eigenvalue weighted by Gasteiger charge is -2.13. The van der Waals surface area contributed by atoms with Gasteiger partial charge >= 0.3 is 0 Å². The van der Waals surface area contributed by atoms with Crippen molar-refractivity contribution < 1.29 is 9.47 Å². The molecular weight excluding hydrogens is 288 g/mol. The molecule has 0 fully saturated rings. The van der Waals surface area contributed by atoms with E-state index in [4.69, 9.17) is 9.47 Å². The molecule has 2 aromatic rings. The molecule has 0 saturated carbocycles.